The quantitative estimate of drug-likeness (QED) is 0.326. The minimum absolute atomic E-state index is 0.146. The molecule has 0 unspecified atom stereocenters. The number of fused-ring (bicyclic) bond motifs is 5. The van der Waals surface area contributed by atoms with Crippen LogP contribution in [0.3, 0.4) is 0 Å². The number of hydrogen-bond donors (Lipinski definition) is 0. The van der Waals surface area contributed by atoms with Crippen molar-refractivity contribution in [2.75, 3.05) is 11.4 Å². The third kappa shape index (κ3) is 3.62. The van der Waals surface area contributed by atoms with Gasteiger partial charge in [-0.15, -0.1) is 0 Å². The summed E-state index contributed by atoms with van der Waals surface area (Å²) in [5, 5.41) is 0.990. The molecule has 0 fully saturated rings. The molecule has 9 nitrogen and oxygen atoms in total. The Balaban J connectivity index is 1.62. The highest BCUT2D eigenvalue weighted by Crippen LogP contribution is 2.48. The molecule has 3 aromatic rings. The number of carbonyl (C=O) groups is 2. The first kappa shape index (κ1) is 25.3. The monoisotopic (exact) mass is 528 g/mol. The van der Waals surface area contributed by atoms with E-state index in [9.17, 15) is 14.4 Å². The third-order valence-corrected chi connectivity index (χ3v) is 8.03. The lowest BCUT2D eigenvalue weighted by molar-refractivity contribution is -0.188. The maximum Gasteiger partial charge on any atom is 0.355 e. The van der Waals surface area contributed by atoms with Gasteiger partial charge in [0.05, 0.1) is 45.8 Å². The molecule has 0 bridgehead atoms. The Morgan fingerprint density at radius 3 is 2.69 bits per heavy atom. The molecule has 202 valence electrons. The lowest BCUT2D eigenvalue weighted by Gasteiger charge is -2.35. The lowest BCUT2D eigenvalue weighted by Crippen LogP contribution is -2.47. The molecule has 1 atom stereocenters. The molecule has 39 heavy (non-hydrogen) atoms. The normalized spacial score (nSPS) is 19.0. The van der Waals surface area contributed by atoms with Crippen molar-refractivity contribution in [3.8, 4) is 11.4 Å². The molecule has 0 aliphatic carbocycles. The number of cyclic esters (lactones) is 1. The molecule has 0 N–H and O–H groups in total. The number of nitrogens with zero attached hydrogens (tertiary/aromatic N) is 4. The molecular formula is C30H32N4O5. The van der Waals surface area contributed by atoms with Crippen LogP contribution in [0.1, 0.15) is 70.6 Å². The van der Waals surface area contributed by atoms with E-state index in [-0.39, 0.29) is 18.6 Å². The predicted molar refractivity (Wildman–Crippen MR) is 148 cm³/mol. The van der Waals surface area contributed by atoms with Gasteiger partial charge >= 0.3 is 11.9 Å². The second kappa shape index (κ2) is 9.03. The van der Waals surface area contributed by atoms with Crippen LogP contribution in [0, 0.1) is 5.92 Å². The van der Waals surface area contributed by atoms with E-state index in [4.69, 9.17) is 19.5 Å². The van der Waals surface area contributed by atoms with Gasteiger partial charge in [-0.1, -0.05) is 33.8 Å². The summed E-state index contributed by atoms with van der Waals surface area (Å²) < 4.78 is 12.7. The van der Waals surface area contributed by atoms with Gasteiger partial charge in [0, 0.05) is 31.0 Å². The first-order chi connectivity index (χ1) is 18.7. The lowest BCUT2D eigenvalue weighted by atomic mass is 9.85. The highest BCUT2D eigenvalue weighted by Gasteiger charge is 2.50. The Kier molecular flexibility index (Phi) is 5.86. The van der Waals surface area contributed by atoms with Crippen molar-refractivity contribution in [2.24, 2.45) is 10.9 Å². The fraction of sp³-hybridized carbons (Fsp3) is 0.433. The number of aromatic nitrogens is 2. The zero-order chi connectivity index (χ0) is 27.6. The van der Waals surface area contributed by atoms with E-state index < -0.39 is 17.5 Å². The number of carbonyl (C=O) groups excluding carboxylic acids is 2. The first-order valence-corrected chi connectivity index (χ1v) is 13.6. The van der Waals surface area contributed by atoms with Crippen LogP contribution < -0.4 is 10.5 Å². The minimum atomic E-state index is -1.67. The average molecular weight is 529 g/mol. The number of rotatable bonds is 6. The van der Waals surface area contributed by atoms with Crippen LogP contribution in [0.4, 0.5) is 11.4 Å². The summed E-state index contributed by atoms with van der Waals surface area (Å²) in [7, 11) is 0. The number of pyridine rings is 2. The van der Waals surface area contributed by atoms with Crippen LogP contribution in [0.2, 0.25) is 0 Å². The number of ether oxygens (including phenoxy) is 2. The molecule has 0 saturated carbocycles. The number of amidine groups is 1. The van der Waals surface area contributed by atoms with Crippen molar-refractivity contribution in [3.05, 3.63) is 51.3 Å². The summed E-state index contributed by atoms with van der Waals surface area (Å²) in [6.45, 7) is 10.5. The van der Waals surface area contributed by atoms with Gasteiger partial charge in [-0.05, 0) is 37.0 Å². The van der Waals surface area contributed by atoms with Gasteiger partial charge in [0.2, 0.25) is 5.60 Å². The minimum Gasteiger partial charge on any atom is -0.457 e. The van der Waals surface area contributed by atoms with Gasteiger partial charge < -0.3 is 18.9 Å². The molecule has 9 heteroatoms. The summed E-state index contributed by atoms with van der Waals surface area (Å²) in [5.74, 6) is 0.227. The van der Waals surface area contributed by atoms with Crippen LogP contribution in [-0.4, -0.2) is 33.9 Å². The fourth-order valence-electron chi connectivity index (χ4n) is 6.11. The highest BCUT2D eigenvalue weighted by atomic mass is 16.6. The van der Waals surface area contributed by atoms with Gasteiger partial charge in [0.15, 0.2) is 0 Å². The van der Waals surface area contributed by atoms with Gasteiger partial charge in [0.1, 0.15) is 12.4 Å². The maximum atomic E-state index is 13.9. The van der Waals surface area contributed by atoms with E-state index >= 15 is 0 Å². The van der Waals surface area contributed by atoms with Crippen molar-refractivity contribution < 1.29 is 19.1 Å². The van der Waals surface area contributed by atoms with Crippen LogP contribution >= 0.6 is 0 Å². The molecule has 2 aromatic heterocycles. The molecule has 6 rings (SSSR count). The van der Waals surface area contributed by atoms with Gasteiger partial charge in [-0.2, -0.15) is 0 Å². The zero-order valence-corrected chi connectivity index (χ0v) is 23.0. The largest absolute Gasteiger partial charge is 0.457 e. The SMILES string of the molecule is CCC1=Nc2cccc3nc4c(c(c23)N1CCC(C)C)Cn1c-4cc2c(c1=O)COC(=O)[C@@]2(CC)OC(C)=O. The number of aliphatic imine (C=N–C) groups is 1. The van der Waals surface area contributed by atoms with Gasteiger partial charge in [-0.25, -0.2) is 14.8 Å². The van der Waals surface area contributed by atoms with Crippen molar-refractivity contribution in [3.63, 3.8) is 0 Å². The van der Waals surface area contributed by atoms with E-state index in [0.29, 0.717) is 35.0 Å². The molecule has 0 amide bonds. The number of hydrogen-bond acceptors (Lipinski definition) is 8. The molecule has 0 radical (unpaired) electrons. The zero-order valence-electron chi connectivity index (χ0n) is 23.0. The Hall–Kier alpha value is -4.01. The number of esters is 2. The Morgan fingerprint density at radius 1 is 1.21 bits per heavy atom. The summed E-state index contributed by atoms with van der Waals surface area (Å²) in [5.41, 5.74) is 3.80. The van der Waals surface area contributed by atoms with Crippen LogP contribution in [0.5, 0.6) is 0 Å². The molecule has 1 aromatic carbocycles. The molecular weight excluding hydrogens is 496 g/mol. The highest BCUT2D eigenvalue weighted by molar-refractivity contribution is 6.16. The van der Waals surface area contributed by atoms with E-state index in [1.165, 1.54) is 6.92 Å². The smallest absolute Gasteiger partial charge is 0.355 e. The van der Waals surface area contributed by atoms with E-state index in [2.05, 4.69) is 25.7 Å². The van der Waals surface area contributed by atoms with Crippen molar-refractivity contribution >= 4 is 40.1 Å². The van der Waals surface area contributed by atoms with E-state index in [1.807, 2.05) is 18.2 Å². The topological polar surface area (TPSA) is 103 Å². The Morgan fingerprint density at radius 2 is 2.00 bits per heavy atom. The summed E-state index contributed by atoms with van der Waals surface area (Å²) in [4.78, 5) is 51.4. The van der Waals surface area contributed by atoms with Gasteiger partial charge in [0.25, 0.3) is 5.56 Å². The Labute approximate surface area is 226 Å². The molecule has 0 spiro atoms. The number of anilines is 1. The third-order valence-electron chi connectivity index (χ3n) is 8.03. The summed E-state index contributed by atoms with van der Waals surface area (Å²) in [6.07, 6.45) is 1.90. The van der Waals surface area contributed by atoms with Crippen LogP contribution in [0.25, 0.3) is 22.3 Å². The van der Waals surface area contributed by atoms with Crippen LogP contribution in [-0.2, 0) is 37.8 Å². The molecule has 3 aliphatic heterocycles. The Bertz CT molecular complexity index is 1650. The standard InChI is InChI=1S/C30H32N4O5/c1-6-24-31-21-9-8-10-22-25(21)27(33(24)12-11-16(3)4)18-14-34-23(26(18)32-22)13-20-19(28(34)36)15-38-29(37)30(20,7-2)39-17(5)35/h8-10,13,16H,6-7,11-12,14-15H2,1-5H3/t30-/m0/s1. The van der Waals surface area contributed by atoms with E-state index in [1.54, 1.807) is 17.6 Å². The van der Waals surface area contributed by atoms with Crippen molar-refractivity contribution in [2.45, 2.75) is 72.6 Å². The molecule has 3 aliphatic rings. The number of benzene rings is 1. The van der Waals surface area contributed by atoms with Crippen LogP contribution in [0.15, 0.2) is 34.1 Å². The molecule has 0 saturated heterocycles. The van der Waals surface area contributed by atoms with Crippen molar-refractivity contribution in [1.82, 2.24) is 9.55 Å². The fourth-order valence-corrected chi connectivity index (χ4v) is 6.11. The summed E-state index contributed by atoms with van der Waals surface area (Å²) in [6, 6.07) is 7.75. The predicted octanol–water partition coefficient (Wildman–Crippen LogP) is 4.96. The van der Waals surface area contributed by atoms with Crippen molar-refractivity contribution in [1.29, 1.82) is 0 Å². The van der Waals surface area contributed by atoms with Gasteiger partial charge in [-0.3, -0.25) is 9.59 Å². The average Bonchev–Trinajstić information content (AvgIpc) is 3.28. The van der Waals surface area contributed by atoms with E-state index in [0.717, 1.165) is 53.1 Å². The first-order valence-electron chi connectivity index (χ1n) is 13.6. The summed E-state index contributed by atoms with van der Waals surface area (Å²) >= 11 is 0. The molecule has 5 heterocycles. The maximum absolute atomic E-state index is 13.9. The second-order valence-electron chi connectivity index (χ2n) is 10.8. The second-order valence-corrected chi connectivity index (χ2v) is 10.8.